The average Bonchev–Trinajstić information content (AvgIpc) is 2.80. The van der Waals surface area contributed by atoms with Gasteiger partial charge in [0, 0.05) is 5.33 Å². The lowest BCUT2D eigenvalue weighted by Gasteiger charge is -1.98. The average molecular weight is 217 g/mol. The summed E-state index contributed by atoms with van der Waals surface area (Å²) in [6.07, 6.45) is 9.30. The fourth-order valence-electron chi connectivity index (χ4n) is 1.24. The molecule has 0 aromatic heterocycles. The molecule has 0 heterocycles. The molecule has 1 fully saturated rings. The van der Waals surface area contributed by atoms with Crippen molar-refractivity contribution in [3.63, 3.8) is 0 Å². The number of alkyl halides is 1. The van der Waals surface area contributed by atoms with Crippen LogP contribution in [0.5, 0.6) is 0 Å². The first kappa shape index (κ1) is 9.31. The smallest absolute Gasteiger partial charge is 0.00660 e. The lowest BCUT2D eigenvalue weighted by molar-refractivity contribution is 0.719. The van der Waals surface area contributed by atoms with Crippen LogP contribution in [0.1, 0.15) is 39.0 Å². The highest BCUT2D eigenvalue weighted by atomic mass is 79.9. The van der Waals surface area contributed by atoms with E-state index in [4.69, 9.17) is 0 Å². The number of hydrogen-bond donors (Lipinski definition) is 0. The van der Waals surface area contributed by atoms with E-state index in [9.17, 15) is 0 Å². The summed E-state index contributed by atoms with van der Waals surface area (Å²) in [6.45, 7) is 2.26. The highest BCUT2D eigenvalue weighted by Crippen LogP contribution is 2.34. The van der Waals surface area contributed by atoms with E-state index in [1.807, 2.05) is 0 Å². The van der Waals surface area contributed by atoms with Crippen molar-refractivity contribution in [2.24, 2.45) is 5.92 Å². The van der Waals surface area contributed by atoms with Crippen LogP contribution in [0.15, 0.2) is 11.6 Å². The maximum Gasteiger partial charge on any atom is 0.00660 e. The Morgan fingerprint density at radius 2 is 2.27 bits per heavy atom. The summed E-state index contributed by atoms with van der Waals surface area (Å²) in [5.41, 5.74) is 1.58. The van der Waals surface area contributed by atoms with Gasteiger partial charge in [-0.1, -0.05) is 40.4 Å². The predicted octanol–water partition coefficient (Wildman–Crippen LogP) is 3.91. The third kappa shape index (κ3) is 4.62. The molecule has 0 N–H and O–H groups in total. The highest BCUT2D eigenvalue weighted by Gasteiger charge is 2.20. The van der Waals surface area contributed by atoms with Crippen molar-refractivity contribution in [1.29, 1.82) is 0 Å². The van der Waals surface area contributed by atoms with E-state index < -0.39 is 0 Å². The van der Waals surface area contributed by atoms with Crippen LogP contribution in [-0.2, 0) is 0 Å². The van der Waals surface area contributed by atoms with Crippen LogP contribution in [-0.4, -0.2) is 5.33 Å². The van der Waals surface area contributed by atoms with Crippen molar-refractivity contribution in [3.8, 4) is 0 Å². The highest BCUT2D eigenvalue weighted by molar-refractivity contribution is 9.09. The van der Waals surface area contributed by atoms with Crippen LogP contribution in [0.3, 0.4) is 0 Å². The minimum absolute atomic E-state index is 1.09. The maximum absolute atomic E-state index is 3.43. The van der Waals surface area contributed by atoms with Gasteiger partial charge >= 0.3 is 0 Å². The molecule has 0 aromatic rings. The second kappa shape index (κ2) is 4.97. The molecule has 0 atom stereocenters. The monoisotopic (exact) mass is 216 g/mol. The lowest BCUT2D eigenvalue weighted by Crippen LogP contribution is -1.81. The Bertz CT molecular complexity index is 134. The second-order valence-corrected chi connectivity index (χ2v) is 4.30. The van der Waals surface area contributed by atoms with Gasteiger partial charge in [-0.25, -0.2) is 0 Å². The number of rotatable bonds is 5. The molecule has 1 aliphatic rings. The fourth-order valence-corrected chi connectivity index (χ4v) is 1.47. The minimum atomic E-state index is 1.09. The fraction of sp³-hybridized carbons (Fsp3) is 0.800. The Labute approximate surface area is 78.2 Å². The van der Waals surface area contributed by atoms with Crippen LogP contribution >= 0.6 is 15.9 Å². The predicted molar refractivity (Wildman–Crippen MR) is 54.1 cm³/mol. The summed E-state index contributed by atoms with van der Waals surface area (Å²) in [5.74, 6) is 1.09. The molecule has 0 unspecified atom stereocenters. The van der Waals surface area contributed by atoms with E-state index in [1.54, 1.807) is 5.57 Å². The first-order chi connectivity index (χ1) is 5.33. The van der Waals surface area contributed by atoms with Crippen LogP contribution in [0.2, 0.25) is 0 Å². The van der Waals surface area contributed by atoms with Crippen molar-refractivity contribution in [1.82, 2.24) is 0 Å². The summed E-state index contributed by atoms with van der Waals surface area (Å²) in [4.78, 5) is 0. The van der Waals surface area contributed by atoms with Crippen LogP contribution in [0, 0.1) is 5.92 Å². The first-order valence-electron chi connectivity index (χ1n) is 4.54. The van der Waals surface area contributed by atoms with Crippen LogP contribution < -0.4 is 0 Å². The Hall–Kier alpha value is 0.220. The molecule has 1 aliphatic carbocycles. The van der Waals surface area contributed by atoms with Crippen molar-refractivity contribution in [3.05, 3.63) is 11.6 Å². The molecule has 0 aromatic carbocycles. The van der Waals surface area contributed by atoms with Gasteiger partial charge in [-0.05, 0) is 32.1 Å². The van der Waals surface area contributed by atoms with Gasteiger partial charge in [-0.2, -0.15) is 0 Å². The summed E-state index contributed by atoms with van der Waals surface area (Å²) in [6, 6.07) is 0. The second-order valence-electron chi connectivity index (χ2n) is 3.51. The van der Waals surface area contributed by atoms with Crippen molar-refractivity contribution in [2.75, 3.05) is 5.33 Å². The van der Waals surface area contributed by atoms with E-state index in [-0.39, 0.29) is 0 Å². The quantitative estimate of drug-likeness (QED) is 0.483. The molecule has 1 rings (SSSR count). The van der Waals surface area contributed by atoms with E-state index >= 15 is 0 Å². The minimum Gasteiger partial charge on any atom is -0.0925 e. The lowest BCUT2D eigenvalue weighted by atomic mass is 10.1. The van der Waals surface area contributed by atoms with Crippen molar-refractivity contribution >= 4 is 15.9 Å². The van der Waals surface area contributed by atoms with Gasteiger partial charge in [0.05, 0.1) is 0 Å². The topological polar surface area (TPSA) is 0 Å². The van der Waals surface area contributed by atoms with Crippen molar-refractivity contribution in [2.45, 2.75) is 39.0 Å². The third-order valence-corrected chi connectivity index (χ3v) is 2.70. The number of halogens is 1. The summed E-state index contributed by atoms with van der Waals surface area (Å²) < 4.78 is 0. The summed E-state index contributed by atoms with van der Waals surface area (Å²) in [7, 11) is 0. The van der Waals surface area contributed by atoms with E-state index in [0.717, 1.165) is 11.2 Å². The Morgan fingerprint density at radius 1 is 1.55 bits per heavy atom. The molecular weight excluding hydrogens is 200 g/mol. The van der Waals surface area contributed by atoms with Gasteiger partial charge in [0.1, 0.15) is 0 Å². The zero-order valence-corrected chi connectivity index (χ0v) is 8.86. The standard InChI is InChI=1S/C10H17Br/c1-9(3-2-8-11)4-5-10-6-7-10/h3,10H,2,4-8H2,1H3. The van der Waals surface area contributed by atoms with E-state index in [0.29, 0.717) is 0 Å². The number of hydrogen-bond acceptors (Lipinski definition) is 0. The molecule has 0 radical (unpaired) electrons. The van der Waals surface area contributed by atoms with Gasteiger partial charge in [-0.3, -0.25) is 0 Å². The molecular formula is C10H17Br. The molecule has 0 amide bonds. The van der Waals surface area contributed by atoms with Gasteiger partial charge in [-0.15, -0.1) is 0 Å². The Morgan fingerprint density at radius 3 is 2.82 bits per heavy atom. The van der Waals surface area contributed by atoms with Crippen LogP contribution in [0.4, 0.5) is 0 Å². The molecule has 0 nitrogen and oxygen atoms in total. The number of allylic oxidation sites excluding steroid dienone is 2. The first-order valence-corrected chi connectivity index (χ1v) is 5.66. The third-order valence-electron chi connectivity index (χ3n) is 2.25. The molecule has 1 saturated carbocycles. The molecule has 0 aliphatic heterocycles. The molecule has 1 heteroatoms. The molecule has 11 heavy (non-hydrogen) atoms. The Balaban J connectivity index is 2.02. The molecule has 0 spiro atoms. The largest absolute Gasteiger partial charge is 0.0925 e. The van der Waals surface area contributed by atoms with Crippen LogP contribution in [0.25, 0.3) is 0 Å². The normalized spacial score (nSPS) is 18.9. The SMILES string of the molecule is CC(=CCCBr)CCC1CC1. The zero-order valence-electron chi connectivity index (χ0n) is 7.28. The molecule has 0 saturated heterocycles. The zero-order chi connectivity index (χ0) is 8.10. The molecule has 64 valence electrons. The maximum atomic E-state index is 3.43. The summed E-state index contributed by atoms with van der Waals surface area (Å²) >= 11 is 3.43. The van der Waals surface area contributed by atoms with E-state index in [1.165, 1.54) is 32.1 Å². The Kier molecular flexibility index (Phi) is 4.21. The van der Waals surface area contributed by atoms with Gasteiger partial charge in [0.15, 0.2) is 0 Å². The van der Waals surface area contributed by atoms with Gasteiger partial charge < -0.3 is 0 Å². The van der Waals surface area contributed by atoms with Gasteiger partial charge in [0.2, 0.25) is 0 Å². The van der Waals surface area contributed by atoms with E-state index in [2.05, 4.69) is 28.9 Å². The van der Waals surface area contributed by atoms with Crippen molar-refractivity contribution < 1.29 is 0 Å². The van der Waals surface area contributed by atoms with Gasteiger partial charge in [0.25, 0.3) is 0 Å². The molecule has 0 bridgehead atoms. The summed E-state index contributed by atoms with van der Waals surface area (Å²) in [5, 5.41) is 1.10.